The second kappa shape index (κ2) is 11.0. The number of carbonyl (C=O) groups is 2. The first-order chi connectivity index (χ1) is 14.7. The van der Waals surface area contributed by atoms with Crippen molar-refractivity contribution >= 4 is 23.2 Å². The minimum atomic E-state index is -0.205. The Bertz CT molecular complexity index is 861. The number of anilines is 2. The Balaban J connectivity index is 1.46. The number of ether oxygens (including phenoxy) is 2. The van der Waals surface area contributed by atoms with E-state index >= 15 is 0 Å². The SMILES string of the molecule is C=CCOc1ccccc1NCC(=O)Nc1ccc(C(=O)NCC2CCCO2)cc1. The predicted molar refractivity (Wildman–Crippen MR) is 117 cm³/mol. The fourth-order valence-corrected chi connectivity index (χ4v) is 3.09. The largest absolute Gasteiger partial charge is 0.487 e. The molecule has 1 unspecified atom stereocenters. The first kappa shape index (κ1) is 21.4. The maximum atomic E-state index is 12.3. The van der Waals surface area contributed by atoms with Crippen LogP contribution in [0.2, 0.25) is 0 Å². The normalized spacial score (nSPS) is 15.3. The van der Waals surface area contributed by atoms with Crippen molar-refractivity contribution in [3.05, 3.63) is 66.7 Å². The summed E-state index contributed by atoms with van der Waals surface area (Å²) in [6.45, 7) is 5.38. The van der Waals surface area contributed by atoms with Crippen molar-refractivity contribution in [2.45, 2.75) is 18.9 Å². The van der Waals surface area contributed by atoms with Crippen molar-refractivity contribution < 1.29 is 19.1 Å². The minimum absolute atomic E-state index is 0.0814. The fourth-order valence-electron chi connectivity index (χ4n) is 3.09. The number of amides is 2. The molecular formula is C23H27N3O4. The van der Waals surface area contributed by atoms with E-state index in [9.17, 15) is 9.59 Å². The molecule has 3 N–H and O–H groups in total. The standard InChI is InChI=1S/C23H27N3O4/c1-2-13-30-21-8-4-3-7-20(21)24-16-22(27)26-18-11-9-17(10-12-18)23(28)25-15-19-6-5-14-29-19/h2-4,7-12,19,24H,1,5-6,13-16H2,(H,25,28)(H,26,27). The van der Waals surface area contributed by atoms with Crippen LogP contribution < -0.4 is 20.7 Å². The lowest BCUT2D eigenvalue weighted by Gasteiger charge is -2.13. The number of rotatable bonds is 10. The summed E-state index contributed by atoms with van der Waals surface area (Å²) in [6, 6.07) is 14.2. The van der Waals surface area contributed by atoms with Crippen LogP contribution in [0.5, 0.6) is 5.75 Å². The van der Waals surface area contributed by atoms with Gasteiger partial charge in [0.15, 0.2) is 0 Å². The van der Waals surface area contributed by atoms with E-state index in [0.29, 0.717) is 30.2 Å². The van der Waals surface area contributed by atoms with Crippen LogP contribution in [0.15, 0.2) is 61.2 Å². The molecule has 1 aliphatic heterocycles. The summed E-state index contributed by atoms with van der Waals surface area (Å²) in [4.78, 5) is 24.5. The molecule has 1 saturated heterocycles. The van der Waals surface area contributed by atoms with Crippen molar-refractivity contribution in [1.29, 1.82) is 0 Å². The van der Waals surface area contributed by atoms with Crippen LogP contribution >= 0.6 is 0 Å². The van der Waals surface area contributed by atoms with Crippen molar-refractivity contribution in [1.82, 2.24) is 5.32 Å². The second-order valence-electron chi connectivity index (χ2n) is 6.92. The maximum absolute atomic E-state index is 12.3. The molecule has 0 bridgehead atoms. The third kappa shape index (κ3) is 6.35. The van der Waals surface area contributed by atoms with Gasteiger partial charge in [-0.25, -0.2) is 0 Å². The average Bonchev–Trinajstić information content (AvgIpc) is 3.29. The third-order valence-corrected chi connectivity index (χ3v) is 4.63. The summed E-state index contributed by atoms with van der Waals surface area (Å²) in [7, 11) is 0. The van der Waals surface area contributed by atoms with E-state index in [0.717, 1.165) is 25.1 Å². The zero-order valence-electron chi connectivity index (χ0n) is 16.9. The van der Waals surface area contributed by atoms with Gasteiger partial charge in [0.25, 0.3) is 5.91 Å². The molecule has 2 aromatic rings. The molecule has 3 rings (SSSR count). The second-order valence-corrected chi connectivity index (χ2v) is 6.92. The molecule has 0 saturated carbocycles. The zero-order chi connectivity index (χ0) is 21.2. The van der Waals surface area contributed by atoms with Gasteiger partial charge in [0, 0.05) is 24.4 Å². The van der Waals surface area contributed by atoms with E-state index in [1.54, 1.807) is 30.3 Å². The molecule has 1 heterocycles. The summed E-state index contributed by atoms with van der Waals surface area (Å²) >= 11 is 0. The van der Waals surface area contributed by atoms with Gasteiger partial charge >= 0.3 is 0 Å². The van der Waals surface area contributed by atoms with Gasteiger partial charge < -0.3 is 25.4 Å². The topological polar surface area (TPSA) is 88.7 Å². The lowest BCUT2D eigenvalue weighted by Crippen LogP contribution is -2.31. The molecule has 7 nitrogen and oxygen atoms in total. The highest BCUT2D eigenvalue weighted by Crippen LogP contribution is 2.23. The van der Waals surface area contributed by atoms with Gasteiger partial charge in [-0.3, -0.25) is 9.59 Å². The van der Waals surface area contributed by atoms with Crippen molar-refractivity contribution in [3.63, 3.8) is 0 Å². The summed E-state index contributed by atoms with van der Waals surface area (Å²) in [5.74, 6) is 0.300. The molecule has 0 aliphatic carbocycles. The lowest BCUT2D eigenvalue weighted by atomic mass is 10.2. The number of benzene rings is 2. The smallest absolute Gasteiger partial charge is 0.251 e. The van der Waals surface area contributed by atoms with Gasteiger partial charge in [-0.2, -0.15) is 0 Å². The van der Waals surface area contributed by atoms with Crippen LogP contribution in [-0.4, -0.2) is 44.2 Å². The highest BCUT2D eigenvalue weighted by molar-refractivity contribution is 5.96. The van der Waals surface area contributed by atoms with Crippen molar-refractivity contribution in [2.75, 3.05) is 36.9 Å². The Morgan fingerprint density at radius 3 is 2.70 bits per heavy atom. The minimum Gasteiger partial charge on any atom is -0.487 e. The Labute approximate surface area is 176 Å². The van der Waals surface area contributed by atoms with E-state index in [-0.39, 0.29) is 24.5 Å². The number of hydrogen-bond donors (Lipinski definition) is 3. The highest BCUT2D eigenvalue weighted by atomic mass is 16.5. The van der Waals surface area contributed by atoms with Gasteiger partial charge in [-0.05, 0) is 49.2 Å². The van der Waals surface area contributed by atoms with E-state index in [1.165, 1.54) is 0 Å². The Morgan fingerprint density at radius 2 is 1.97 bits per heavy atom. The summed E-state index contributed by atoms with van der Waals surface area (Å²) in [5.41, 5.74) is 1.89. The molecule has 2 aromatic carbocycles. The van der Waals surface area contributed by atoms with Crippen LogP contribution in [0.25, 0.3) is 0 Å². The number of carbonyl (C=O) groups excluding carboxylic acids is 2. The maximum Gasteiger partial charge on any atom is 0.251 e. The molecule has 1 fully saturated rings. The quantitative estimate of drug-likeness (QED) is 0.525. The van der Waals surface area contributed by atoms with Crippen LogP contribution in [0.4, 0.5) is 11.4 Å². The Morgan fingerprint density at radius 1 is 1.17 bits per heavy atom. The number of para-hydroxylation sites is 2. The fraction of sp³-hybridized carbons (Fsp3) is 0.304. The van der Waals surface area contributed by atoms with Crippen LogP contribution in [0.3, 0.4) is 0 Å². The zero-order valence-corrected chi connectivity index (χ0v) is 16.9. The first-order valence-electron chi connectivity index (χ1n) is 10.0. The van der Waals surface area contributed by atoms with E-state index in [2.05, 4.69) is 22.5 Å². The van der Waals surface area contributed by atoms with Crippen molar-refractivity contribution in [2.24, 2.45) is 0 Å². The molecule has 1 aliphatic rings. The molecule has 0 radical (unpaired) electrons. The van der Waals surface area contributed by atoms with Gasteiger partial charge in [0.1, 0.15) is 12.4 Å². The summed E-state index contributed by atoms with van der Waals surface area (Å²) in [5, 5.41) is 8.76. The van der Waals surface area contributed by atoms with Crippen molar-refractivity contribution in [3.8, 4) is 5.75 Å². The summed E-state index contributed by atoms with van der Waals surface area (Å²) < 4.78 is 11.1. The van der Waals surface area contributed by atoms with Gasteiger partial charge in [0.2, 0.25) is 5.91 Å². The number of hydrogen-bond acceptors (Lipinski definition) is 5. The lowest BCUT2D eigenvalue weighted by molar-refractivity contribution is -0.114. The monoisotopic (exact) mass is 409 g/mol. The van der Waals surface area contributed by atoms with Crippen LogP contribution in [0.1, 0.15) is 23.2 Å². The van der Waals surface area contributed by atoms with E-state index in [4.69, 9.17) is 9.47 Å². The van der Waals surface area contributed by atoms with E-state index < -0.39 is 0 Å². The number of nitrogens with one attached hydrogen (secondary N) is 3. The molecule has 0 aromatic heterocycles. The Hall–Kier alpha value is -3.32. The molecule has 1 atom stereocenters. The van der Waals surface area contributed by atoms with Gasteiger partial charge in [0.05, 0.1) is 18.3 Å². The van der Waals surface area contributed by atoms with Gasteiger partial charge in [-0.15, -0.1) is 0 Å². The van der Waals surface area contributed by atoms with Gasteiger partial charge in [-0.1, -0.05) is 24.8 Å². The average molecular weight is 409 g/mol. The summed E-state index contributed by atoms with van der Waals surface area (Å²) in [6.07, 6.45) is 3.78. The molecule has 30 heavy (non-hydrogen) atoms. The predicted octanol–water partition coefficient (Wildman–Crippen LogP) is 3.21. The Kier molecular flexibility index (Phi) is 7.86. The van der Waals surface area contributed by atoms with Crippen LogP contribution in [-0.2, 0) is 9.53 Å². The first-order valence-corrected chi connectivity index (χ1v) is 10.0. The van der Waals surface area contributed by atoms with Crippen LogP contribution in [0, 0.1) is 0 Å². The third-order valence-electron chi connectivity index (χ3n) is 4.63. The highest BCUT2D eigenvalue weighted by Gasteiger charge is 2.16. The molecule has 7 heteroatoms. The molecule has 158 valence electrons. The molecule has 2 amide bonds. The molecular weight excluding hydrogens is 382 g/mol. The van der Waals surface area contributed by atoms with E-state index in [1.807, 2.05) is 24.3 Å². The molecule has 0 spiro atoms.